The van der Waals surface area contributed by atoms with Crippen LogP contribution in [0.15, 0.2) is 88.9 Å². The predicted octanol–water partition coefficient (Wildman–Crippen LogP) is 5.60. The number of allylic oxidation sites excluding steroid dienone is 2. The summed E-state index contributed by atoms with van der Waals surface area (Å²) in [4.78, 5) is 59.0. The maximum Gasteiger partial charge on any atom is 0.241 e. The minimum absolute atomic E-state index is 0.0761. The molecule has 4 amide bonds. The number of anilines is 2. The molecule has 3 aromatic carbocycles. The minimum atomic E-state index is -1.19. The lowest BCUT2D eigenvalue weighted by Gasteiger charge is -2.49. The highest BCUT2D eigenvalue weighted by Gasteiger charge is 2.67. The number of imide groups is 2. The number of methoxy groups -OCH3 is 1. The summed E-state index contributed by atoms with van der Waals surface area (Å²) < 4.78 is 5.86. The summed E-state index contributed by atoms with van der Waals surface area (Å²) in [6, 6.07) is 21.2. The number of carbonyl (C=O) groups excluding carboxylic acids is 4. The first-order chi connectivity index (χ1) is 20.7. The number of halogens is 1. The summed E-state index contributed by atoms with van der Waals surface area (Å²) in [5.41, 5.74) is 1.38. The Morgan fingerprint density at radius 1 is 0.860 bits per heavy atom. The third kappa shape index (κ3) is 3.80. The van der Waals surface area contributed by atoms with Crippen molar-refractivity contribution < 1.29 is 29.0 Å². The topological polar surface area (TPSA) is 104 Å². The number of phenolic OH excluding ortho intramolecular Hbond substituents is 1. The molecule has 3 fully saturated rings. The number of aromatic hydroxyl groups is 1. The summed E-state index contributed by atoms with van der Waals surface area (Å²) >= 11 is 3.44. The third-order valence-electron chi connectivity index (χ3n) is 9.91. The normalized spacial score (nSPS) is 29.7. The zero-order valence-electron chi connectivity index (χ0n) is 23.6. The van der Waals surface area contributed by atoms with Crippen LogP contribution >= 0.6 is 15.9 Å². The van der Waals surface area contributed by atoms with Gasteiger partial charge in [0.2, 0.25) is 23.6 Å². The van der Waals surface area contributed by atoms with E-state index < -0.39 is 35.0 Å². The largest absolute Gasteiger partial charge is 0.503 e. The van der Waals surface area contributed by atoms with Crippen LogP contribution < -0.4 is 14.5 Å². The summed E-state index contributed by atoms with van der Waals surface area (Å²) in [7, 11) is 1.45. The fourth-order valence-electron chi connectivity index (χ4n) is 7.97. The Labute approximate surface area is 257 Å². The second-order valence-electron chi connectivity index (χ2n) is 11.9. The van der Waals surface area contributed by atoms with Crippen molar-refractivity contribution in [2.45, 2.75) is 25.7 Å². The van der Waals surface area contributed by atoms with Gasteiger partial charge in [0.05, 0.1) is 46.1 Å². The van der Waals surface area contributed by atoms with Gasteiger partial charge in [0.1, 0.15) is 0 Å². The molecule has 0 radical (unpaired) electrons. The van der Waals surface area contributed by atoms with Crippen LogP contribution in [0.3, 0.4) is 0 Å². The Kier molecular flexibility index (Phi) is 6.36. The molecule has 8 nitrogen and oxygen atoms in total. The molecule has 1 N–H and O–H groups in total. The molecular weight excluding hydrogens is 612 g/mol. The number of phenols is 1. The van der Waals surface area contributed by atoms with Crippen molar-refractivity contribution in [2.75, 3.05) is 16.9 Å². The van der Waals surface area contributed by atoms with Crippen LogP contribution in [0.25, 0.3) is 0 Å². The zero-order valence-corrected chi connectivity index (χ0v) is 25.2. The van der Waals surface area contributed by atoms with Gasteiger partial charge in [0.25, 0.3) is 0 Å². The third-order valence-corrected chi connectivity index (χ3v) is 10.5. The SMILES string of the molecule is COc1cc([C@H]2C3=CC[C@@H]4C(=O)N(c5ccccc5)C(=O)[C@@H]4[C@@H]3C[C@H]3C(=O)N(c4ccccc4)C(=O)[C@@]23C)cc(Br)c1O. The second kappa shape index (κ2) is 9.91. The molecule has 0 bridgehead atoms. The highest BCUT2D eigenvalue weighted by Crippen LogP contribution is 2.64. The monoisotopic (exact) mass is 640 g/mol. The minimum Gasteiger partial charge on any atom is -0.503 e. The number of amides is 4. The summed E-state index contributed by atoms with van der Waals surface area (Å²) in [6.07, 6.45) is 2.63. The molecule has 2 aliphatic carbocycles. The summed E-state index contributed by atoms with van der Waals surface area (Å²) in [5, 5.41) is 10.6. The number of nitrogens with zero attached hydrogens (tertiary/aromatic N) is 2. The predicted molar refractivity (Wildman–Crippen MR) is 162 cm³/mol. The van der Waals surface area contributed by atoms with Crippen molar-refractivity contribution >= 4 is 50.9 Å². The average Bonchev–Trinajstić information content (AvgIpc) is 3.38. The highest BCUT2D eigenvalue weighted by molar-refractivity contribution is 9.10. The molecule has 2 aliphatic heterocycles. The Morgan fingerprint density at radius 3 is 2.12 bits per heavy atom. The first-order valence-electron chi connectivity index (χ1n) is 14.3. The lowest BCUT2D eigenvalue weighted by molar-refractivity contribution is -0.131. The lowest BCUT2D eigenvalue weighted by atomic mass is 9.51. The Bertz CT molecular complexity index is 1720. The van der Waals surface area contributed by atoms with Gasteiger partial charge in [-0.3, -0.25) is 24.1 Å². The highest BCUT2D eigenvalue weighted by atomic mass is 79.9. The van der Waals surface area contributed by atoms with E-state index in [1.165, 1.54) is 16.9 Å². The Hall–Kier alpha value is -4.24. The van der Waals surface area contributed by atoms with Crippen molar-refractivity contribution in [1.82, 2.24) is 0 Å². The number of para-hydroxylation sites is 2. The number of rotatable bonds is 4. The van der Waals surface area contributed by atoms with Crippen LogP contribution in [0, 0.1) is 29.1 Å². The summed E-state index contributed by atoms with van der Waals surface area (Å²) in [6.45, 7) is 1.83. The molecular formula is C34H29BrN2O6. The number of ether oxygens (including phenoxy) is 1. The Morgan fingerprint density at radius 2 is 1.49 bits per heavy atom. The van der Waals surface area contributed by atoms with E-state index in [4.69, 9.17) is 4.74 Å². The van der Waals surface area contributed by atoms with Gasteiger partial charge in [0, 0.05) is 5.92 Å². The van der Waals surface area contributed by atoms with Gasteiger partial charge >= 0.3 is 0 Å². The molecule has 43 heavy (non-hydrogen) atoms. The Balaban J connectivity index is 1.40. The standard InChI is InChI=1S/C34H29BrN2O6/c1-34-24(31(40)37(33(34)42)20-11-7-4-8-12-20)17-23-21(28(34)18-15-25(35)29(38)26(16-18)43-2)13-14-22-27(23)32(41)36(30(22)39)19-9-5-3-6-10-19/h3-13,15-16,22-24,27-28,38H,14,17H2,1-2H3/t22-,23+,24-,27-,28-,34+/m0/s1. The molecule has 0 unspecified atom stereocenters. The van der Waals surface area contributed by atoms with E-state index in [1.54, 1.807) is 60.7 Å². The molecule has 0 spiro atoms. The smallest absolute Gasteiger partial charge is 0.241 e. The number of hydrogen-bond donors (Lipinski definition) is 1. The van der Waals surface area contributed by atoms with Crippen LogP contribution in [-0.4, -0.2) is 35.8 Å². The molecule has 7 rings (SSSR count). The van der Waals surface area contributed by atoms with Crippen LogP contribution in [0.5, 0.6) is 11.5 Å². The van der Waals surface area contributed by atoms with E-state index in [0.29, 0.717) is 27.8 Å². The lowest BCUT2D eigenvalue weighted by Crippen LogP contribution is -2.48. The molecule has 218 valence electrons. The van der Waals surface area contributed by atoms with E-state index in [9.17, 15) is 24.3 Å². The van der Waals surface area contributed by atoms with E-state index in [-0.39, 0.29) is 41.5 Å². The van der Waals surface area contributed by atoms with Crippen LogP contribution in [0.4, 0.5) is 11.4 Å². The quantitative estimate of drug-likeness (QED) is 0.294. The fourth-order valence-corrected chi connectivity index (χ4v) is 8.43. The van der Waals surface area contributed by atoms with Gasteiger partial charge in [-0.15, -0.1) is 0 Å². The molecule has 0 aromatic heterocycles. The van der Waals surface area contributed by atoms with Gasteiger partial charge < -0.3 is 9.84 Å². The first-order valence-corrected chi connectivity index (χ1v) is 15.1. The molecule has 9 heteroatoms. The van der Waals surface area contributed by atoms with E-state index in [1.807, 2.05) is 25.1 Å². The van der Waals surface area contributed by atoms with E-state index in [2.05, 4.69) is 15.9 Å². The van der Waals surface area contributed by atoms with Crippen molar-refractivity contribution in [3.8, 4) is 11.5 Å². The van der Waals surface area contributed by atoms with Gasteiger partial charge in [-0.1, -0.05) is 48.0 Å². The molecule has 3 aromatic rings. The number of hydrogen-bond acceptors (Lipinski definition) is 6. The van der Waals surface area contributed by atoms with Gasteiger partial charge in [-0.05, 0) is 83.6 Å². The maximum absolute atomic E-state index is 14.5. The number of carbonyl (C=O) groups is 4. The number of benzene rings is 3. The van der Waals surface area contributed by atoms with Crippen molar-refractivity contribution in [3.63, 3.8) is 0 Å². The maximum atomic E-state index is 14.5. The zero-order chi connectivity index (χ0) is 30.2. The molecule has 4 aliphatic rings. The van der Waals surface area contributed by atoms with E-state index >= 15 is 0 Å². The molecule has 6 atom stereocenters. The molecule has 2 saturated heterocycles. The van der Waals surface area contributed by atoms with Crippen molar-refractivity contribution in [2.24, 2.45) is 29.1 Å². The fraction of sp³-hybridized carbons (Fsp3) is 0.294. The number of fused-ring (bicyclic) bond motifs is 4. The van der Waals surface area contributed by atoms with E-state index in [0.717, 1.165) is 5.57 Å². The van der Waals surface area contributed by atoms with Crippen molar-refractivity contribution in [3.05, 3.63) is 94.5 Å². The van der Waals surface area contributed by atoms with Crippen LogP contribution in [0.1, 0.15) is 31.2 Å². The van der Waals surface area contributed by atoms with Crippen molar-refractivity contribution in [1.29, 1.82) is 0 Å². The molecule has 2 heterocycles. The first kappa shape index (κ1) is 27.6. The average molecular weight is 642 g/mol. The van der Waals surface area contributed by atoms with Crippen LogP contribution in [-0.2, 0) is 19.2 Å². The van der Waals surface area contributed by atoms with Crippen LogP contribution in [0.2, 0.25) is 0 Å². The second-order valence-corrected chi connectivity index (χ2v) is 12.8. The summed E-state index contributed by atoms with van der Waals surface area (Å²) in [5.74, 6) is -3.99. The van der Waals surface area contributed by atoms with Gasteiger partial charge in [-0.2, -0.15) is 0 Å². The molecule has 1 saturated carbocycles. The van der Waals surface area contributed by atoms with Gasteiger partial charge in [-0.25, -0.2) is 4.90 Å². The van der Waals surface area contributed by atoms with Gasteiger partial charge in [0.15, 0.2) is 11.5 Å².